The summed E-state index contributed by atoms with van der Waals surface area (Å²) in [6.45, 7) is 0.323. The van der Waals surface area contributed by atoms with Crippen LogP contribution in [0.15, 0.2) is 65.1 Å². The molecule has 27 heavy (non-hydrogen) atoms. The van der Waals surface area contributed by atoms with Gasteiger partial charge in [0.2, 0.25) is 0 Å². The Hall–Kier alpha value is -2.70. The Labute approximate surface area is 174 Å². The van der Waals surface area contributed by atoms with E-state index in [9.17, 15) is 4.79 Å². The second kappa shape index (κ2) is 9.30. The highest BCUT2D eigenvalue weighted by atomic mass is 127. The zero-order valence-electron chi connectivity index (χ0n) is 14.1. The summed E-state index contributed by atoms with van der Waals surface area (Å²) in [7, 11) is 0. The number of rotatable bonds is 6. The van der Waals surface area contributed by atoms with Gasteiger partial charge in [-0.2, -0.15) is 10.4 Å². The molecule has 3 aromatic rings. The van der Waals surface area contributed by atoms with E-state index in [-0.39, 0.29) is 5.91 Å². The molecule has 0 spiro atoms. The number of nitriles is 1. The smallest absolute Gasteiger partial charge is 0.281 e. The van der Waals surface area contributed by atoms with Gasteiger partial charge in [0.25, 0.3) is 5.91 Å². The highest BCUT2D eigenvalue weighted by Crippen LogP contribution is 2.23. The van der Waals surface area contributed by atoms with Crippen molar-refractivity contribution in [1.82, 2.24) is 5.43 Å². The molecule has 2 aromatic carbocycles. The van der Waals surface area contributed by atoms with Gasteiger partial charge in [-0.1, -0.05) is 24.3 Å². The molecule has 0 fully saturated rings. The molecule has 134 valence electrons. The molecule has 0 saturated heterocycles. The quantitative estimate of drug-likeness (QED) is 0.315. The molecular formula is C20H14IN3O2S. The first kappa shape index (κ1) is 19.1. The zero-order chi connectivity index (χ0) is 19.1. The Morgan fingerprint density at radius 3 is 2.85 bits per heavy atom. The standard InChI is InChI=1S/C20H14IN3O2S/c21-17-10-14(12-23-24-20(25)19-6-3-9-27-19)7-8-18(17)26-13-16-5-2-1-4-15(16)11-22/h1-10,12H,13H2,(H,24,25). The minimum Gasteiger partial charge on any atom is -0.488 e. The van der Waals surface area contributed by atoms with Crippen LogP contribution in [0.2, 0.25) is 0 Å². The molecular weight excluding hydrogens is 473 g/mol. The molecule has 1 N–H and O–H groups in total. The van der Waals surface area contributed by atoms with Gasteiger partial charge in [0, 0.05) is 5.56 Å². The van der Waals surface area contributed by atoms with E-state index >= 15 is 0 Å². The van der Waals surface area contributed by atoms with Gasteiger partial charge in [-0.05, 0) is 63.9 Å². The summed E-state index contributed by atoms with van der Waals surface area (Å²) in [5.74, 6) is 0.496. The number of thiophene rings is 1. The Bertz CT molecular complexity index is 1010. The molecule has 0 bridgehead atoms. The molecule has 1 heterocycles. The molecule has 0 unspecified atom stereocenters. The third-order valence-electron chi connectivity index (χ3n) is 3.60. The second-order valence-corrected chi connectivity index (χ2v) is 7.53. The summed E-state index contributed by atoms with van der Waals surface area (Å²) >= 11 is 3.55. The van der Waals surface area contributed by atoms with Crippen LogP contribution in [0.4, 0.5) is 0 Å². The molecule has 7 heteroatoms. The lowest BCUT2D eigenvalue weighted by atomic mass is 10.1. The Kier molecular flexibility index (Phi) is 6.57. The minimum atomic E-state index is -0.230. The molecule has 1 amide bonds. The van der Waals surface area contributed by atoms with Crippen LogP contribution in [0.1, 0.15) is 26.4 Å². The van der Waals surface area contributed by atoms with E-state index < -0.39 is 0 Å². The molecule has 0 aliphatic carbocycles. The first-order valence-corrected chi connectivity index (χ1v) is 9.90. The predicted molar refractivity (Wildman–Crippen MR) is 114 cm³/mol. The third-order valence-corrected chi connectivity index (χ3v) is 5.31. The van der Waals surface area contributed by atoms with Crippen molar-refractivity contribution in [3.63, 3.8) is 0 Å². The van der Waals surface area contributed by atoms with Crippen molar-refractivity contribution in [3.8, 4) is 11.8 Å². The van der Waals surface area contributed by atoms with Gasteiger partial charge in [-0.25, -0.2) is 5.43 Å². The molecule has 0 radical (unpaired) electrons. The van der Waals surface area contributed by atoms with Crippen molar-refractivity contribution in [3.05, 3.63) is 85.1 Å². The first-order chi connectivity index (χ1) is 13.2. The highest BCUT2D eigenvalue weighted by Gasteiger charge is 2.06. The van der Waals surface area contributed by atoms with Crippen molar-refractivity contribution >= 4 is 46.0 Å². The fourth-order valence-electron chi connectivity index (χ4n) is 2.25. The van der Waals surface area contributed by atoms with E-state index in [1.807, 2.05) is 47.8 Å². The van der Waals surface area contributed by atoms with Gasteiger partial charge >= 0.3 is 0 Å². The van der Waals surface area contributed by atoms with Crippen LogP contribution >= 0.6 is 33.9 Å². The van der Waals surface area contributed by atoms with E-state index in [0.29, 0.717) is 17.0 Å². The monoisotopic (exact) mass is 487 g/mol. The predicted octanol–water partition coefficient (Wildman–Crippen LogP) is 4.57. The first-order valence-electron chi connectivity index (χ1n) is 7.94. The topological polar surface area (TPSA) is 74.5 Å². The van der Waals surface area contributed by atoms with Gasteiger partial charge in [-0.3, -0.25) is 4.79 Å². The number of carbonyl (C=O) groups is 1. The molecule has 0 aliphatic rings. The minimum absolute atomic E-state index is 0.230. The van der Waals surface area contributed by atoms with Crippen LogP contribution in [0, 0.1) is 14.9 Å². The number of hydrogen-bond donors (Lipinski definition) is 1. The van der Waals surface area contributed by atoms with Crippen LogP contribution in [0.5, 0.6) is 5.75 Å². The molecule has 0 atom stereocenters. The Morgan fingerprint density at radius 2 is 2.11 bits per heavy atom. The van der Waals surface area contributed by atoms with Gasteiger partial charge in [-0.15, -0.1) is 11.3 Å². The largest absolute Gasteiger partial charge is 0.488 e. The van der Waals surface area contributed by atoms with E-state index in [2.05, 4.69) is 39.2 Å². The van der Waals surface area contributed by atoms with Crippen molar-refractivity contribution < 1.29 is 9.53 Å². The average Bonchev–Trinajstić information content (AvgIpc) is 3.22. The number of ether oxygens (including phenoxy) is 1. The normalized spacial score (nSPS) is 10.5. The van der Waals surface area contributed by atoms with Gasteiger partial charge in [0.05, 0.1) is 26.3 Å². The van der Waals surface area contributed by atoms with E-state index in [0.717, 1.165) is 20.4 Å². The zero-order valence-corrected chi connectivity index (χ0v) is 17.0. The highest BCUT2D eigenvalue weighted by molar-refractivity contribution is 14.1. The van der Waals surface area contributed by atoms with Gasteiger partial charge in [0.1, 0.15) is 12.4 Å². The molecule has 1 aromatic heterocycles. The summed E-state index contributed by atoms with van der Waals surface area (Å²) in [6.07, 6.45) is 1.59. The number of halogens is 1. The Balaban J connectivity index is 1.61. The van der Waals surface area contributed by atoms with Crippen molar-refractivity contribution in [2.24, 2.45) is 5.10 Å². The number of amides is 1. The summed E-state index contributed by atoms with van der Waals surface area (Å²) in [5.41, 5.74) is 4.80. The van der Waals surface area contributed by atoms with E-state index in [1.54, 1.807) is 18.3 Å². The van der Waals surface area contributed by atoms with Crippen molar-refractivity contribution in [1.29, 1.82) is 5.26 Å². The SMILES string of the molecule is N#Cc1ccccc1COc1ccc(C=NNC(=O)c2cccs2)cc1I. The average molecular weight is 487 g/mol. The second-order valence-electron chi connectivity index (χ2n) is 5.42. The number of nitrogens with one attached hydrogen (secondary N) is 1. The Morgan fingerprint density at radius 1 is 1.26 bits per heavy atom. The lowest BCUT2D eigenvalue weighted by Crippen LogP contribution is -2.16. The fraction of sp³-hybridized carbons (Fsp3) is 0.0500. The number of hydrazone groups is 1. The molecule has 0 saturated carbocycles. The van der Waals surface area contributed by atoms with Crippen LogP contribution in [-0.4, -0.2) is 12.1 Å². The lowest BCUT2D eigenvalue weighted by molar-refractivity contribution is 0.0959. The maximum atomic E-state index is 11.8. The van der Waals surface area contributed by atoms with Crippen LogP contribution in [-0.2, 0) is 6.61 Å². The van der Waals surface area contributed by atoms with Gasteiger partial charge in [0.15, 0.2) is 0 Å². The van der Waals surface area contributed by atoms with E-state index in [1.165, 1.54) is 11.3 Å². The summed E-state index contributed by atoms with van der Waals surface area (Å²) in [4.78, 5) is 12.4. The fourth-order valence-corrected chi connectivity index (χ4v) is 3.56. The molecule has 5 nitrogen and oxygen atoms in total. The van der Waals surface area contributed by atoms with Gasteiger partial charge < -0.3 is 4.74 Å². The molecule has 0 aliphatic heterocycles. The lowest BCUT2D eigenvalue weighted by Gasteiger charge is -2.10. The number of hydrogen-bond acceptors (Lipinski definition) is 5. The van der Waals surface area contributed by atoms with Crippen molar-refractivity contribution in [2.45, 2.75) is 6.61 Å². The van der Waals surface area contributed by atoms with Crippen LogP contribution in [0.3, 0.4) is 0 Å². The number of nitrogens with zero attached hydrogens (tertiary/aromatic N) is 2. The van der Waals surface area contributed by atoms with Crippen molar-refractivity contribution in [2.75, 3.05) is 0 Å². The summed E-state index contributed by atoms with van der Waals surface area (Å²) < 4.78 is 6.75. The molecule has 3 rings (SSSR count). The number of benzene rings is 2. The maximum Gasteiger partial charge on any atom is 0.281 e. The third kappa shape index (κ3) is 5.15. The summed E-state index contributed by atoms with van der Waals surface area (Å²) in [5, 5.41) is 15.0. The summed E-state index contributed by atoms with van der Waals surface area (Å²) in [6, 6.07) is 18.7. The van der Waals surface area contributed by atoms with Crippen LogP contribution < -0.4 is 10.2 Å². The number of carbonyl (C=O) groups excluding carboxylic acids is 1. The van der Waals surface area contributed by atoms with E-state index in [4.69, 9.17) is 10.00 Å². The maximum absolute atomic E-state index is 11.8. The van der Waals surface area contributed by atoms with Crippen LogP contribution in [0.25, 0.3) is 0 Å².